The average molecular weight is 266 g/mol. The molecule has 0 amide bonds. The molecule has 0 radical (unpaired) electrons. The summed E-state index contributed by atoms with van der Waals surface area (Å²) in [4.78, 5) is 24.3. The lowest BCUT2D eigenvalue weighted by Crippen LogP contribution is -2.61. The highest BCUT2D eigenvalue weighted by atomic mass is 16.7. The zero-order valence-corrected chi connectivity index (χ0v) is 11.3. The number of allylic oxidation sites excluding steroid dienone is 2. The van der Waals surface area contributed by atoms with Crippen molar-refractivity contribution in [3.8, 4) is 0 Å². The molecular weight excluding hydrogens is 248 g/mol. The van der Waals surface area contributed by atoms with Gasteiger partial charge in [0, 0.05) is 25.7 Å². The van der Waals surface area contributed by atoms with Gasteiger partial charge in [-0.25, -0.2) is 4.79 Å². The third kappa shape index (κ3) is 1.76. The number of fused-ring (bicyclic) bond motifs is 2. The minimum atomic E-state index is -1.39. The smallest absolute Gasteiger partial charge is 0.333 e. The lowest BCUT2D eigenvalue weighted by atomic mass is 9.61. The molecule has 1 fully saturated rings. The first kappa shape index (κ1) is 14.0. The van der Waals surface area contributed by atoms with E-state index in [0.29, 0.717) is 12.0 Å². The van der Waals surface area contributed by atoms with Crippen molar-refractivity contribution >= 4 is 11.8 Å². The Hall–Kier alpha value is -1.46. The van der Waals surface area contributed by atoms with Crippen LogP contribution in [0.2, 0.25) is 0 Å². The normalized spacial score (nSPS) is 31.8. The van der Waals surface area contributed by atoms with Crippen molar-refractivity contribution in [1.82, 2.24) is 0 Å². The van der Waals surface area contributed by atoms with Crippen LogP contribution in [0.5, 0.6) is 0 Å². The van der Waals surface area contributed by atoms with E-state index in [9.17, 15) is 9.59 Å². The van der Waals surface area contributed by atoms with E-state index in [1.807, 2.05) is 0 Å². The molecule has 0 aliphatic heterocycles. The molecule has 0 unspecified atom stereocenters. The van der Waals surface area contributed by atoms with Crippen LogP contribution < -0.4 is 0 Å². The molecule has 0 spiro atoms. The number of carbonyl (C=O) groups is 2. The molecule has 5 heteroatoms. The molecule has 3 atom stereocenters. The van der Waals surface area contributed by atoms with Gasteiger partial charge in [-0.3, -0.25) is 4.79 Å². The Balaban J connectivity index is 2.52. The minimum absolute atomic E-state index is 0.00401. The van der Waals surface area contributed by atoms with Gasteiger partial charge in [0.25, 0.3) is 0 Å². The zero-order valence-electron chi connectivity index (χ0n) is 11.3. The number of ether oxygens (including phenoxy) is 3. The van der Waals surface area contributed by atoms with Gasteiger partial charge in [0.2, 0.25) is 5.79 Å². The van der Waals surface area contributed by atoms with E-state index in [-0.39, 0.29) is 11.7 Å². The fourth-order valence-corrected chi connectivity index (χ4v) is 3.15. The van der Waals surface area contributed by atoms with E-state index in [2.05, 4.69) is 6.58 Å². The molecule has 104 valence electrons. The van der Waals surface area contributed by atoms with Gasteiger partial charge in [-0.15, -0.1) is 6.58 Å². The fraction of sp³-hybridized carbons (Fsp3) is 0.571. The fourth-order valence-electron chi connectivity index (χ4n) is 3.15. The first-order valence-corrected chi connectivity index (χ1v) is 6.12. The molecule has 3 aliphatic carbocycles. The van der Waals surface area contributed by atoms with E-state index in [0.717, 1.165) is 0 Å². The Labute approximate surface area is 112 Å². The van der Waals surface area contributed by atoms with E-state index in [1.54, 1.807) is 12.2 Å². The predicted molar refractivity (Wildman–Crippen MR) is 67.1 cm³/mol. The summed E-state index contributed by atoms with van der Waals surface area (Å²) in [5, 5.41) is 0. The number of rotatable bonds is 4. The quantitative estimate of drug-likeness (QED) is 0.433. The Morgan fingerprint density at radius 1 is 1.42 bits per heavy atom. The lowest BCUT2D eigenvalue weighted by Gasteiger charge is -2.49. The van der Waals surface area contributed by atoms with Crippen LogP contribution in [-0.2, 0) is 23.8 Å². The second kappa shape index (κ2) is 4.90. The number of methoxy groups -OCH3 is 3. The summed E-state index contributed by atoms with van der Waals surface area (Å²) in [5.41, 5.74) is 0.453. The third-order valence-electron chi connectivity index (χ3n) is 4.14. The third-order valence-corrected chi connectivity index (χ3v) is 4.14. The van der Waals surface area contributed by atoms with Crippen molar-refractivity contribution in [3.63, 3.8) is 0 Å². The SMILES string of the molecule is C=C[C@H]1C[C@H]2C(C(=O)OC)=C[C@@H]1C(=O)C2(OC)OC. The lowest BCUT2D eigenvalue weighted by molar-refractivity contribution is -0.240. The average Bonchev–Trinajstić information content (AvgIpc) is 2.47. The maximum absolute atomic E-state index is 12.5. The topological polar surface area (TPSA) is 61.8 Å². The first-order valence-electron chi connectivity index (χ1n) is 6.12. The Morgan fingerprint density at radius 2 is 2.05 bits per heavy atom. The van der Waals surface area contributed by atoms with E-state index in [4.69, 9.17) is 14.2 Å². The van der Waals surface area contributed by atoms with Crippen LogP contribution in [0.15, 0.2) is 24.3 Å². The zero-order chi connectivity index (χ0) is 14.2. The molecule has 19 heavy (non-hydrogen) atoms. The molecule has 1 saturated carbocycles. The molecule has 5 nitrogen and oxygen atoms in total. The van der Waals surface area contributed by atoms with Crippen molar-refractivity contribution in [3.05, 3.63) is 24.3 Å². The number of carbonyl (C=O) groups excluding carboxylic acids is 2. The molecule has 0 saturated heterocycles. The molecular formula is C14H18O5. The van der Waals surface area contributed by atoms with Gasteiger partial charge in [-0.05, 0) is 12.3 Å². The maximum Gasteiger partial charge on any atom is 0.333 e. The van der Waals surface area contributed by atoms with Gasteiger partial charge >= 0.3 is 5.97 Å². The largest absolute Gasteiger partial charge is 0.466 e. The van der Waals surface area contributed by atoms with Crippen molar-refractivity contribution in [2.45, 2.75) is 12.2 Å². The van der Waals surface area contributed by atoms with Gasteiger partial charge in [0.05, 0.1) is 13.0 Å². The number of hydrogen-bond acceptors (Lipinski definition) is 5. The molecule has 3 aliphatic rings. The molecule has 0 N–H and O–H groups in total. The summed E-state index contributed by atoms with van der Waals surface area (Å²) in [5.74, 6) is -2.89. The molecule has 3 rings (SSSR count). The molecule has 0 heterocycles. The van der Waals surface area contributed by atoms with Crippen LogP contribution in [0.1, 0.15) is 6.42 Å². The predicted octanol–water partition coefficient (Wildman–Crippen LogP) is 1.10. The number of hydrogen-bond donors (Lipinski definition) is 0. The first-order chi connectivity index (χ1) is 9.05. The van der Waals surface area contributed by atoms with Crippen LogP contribution in [0, 0.1) is 17.8 Å². The van der Waals surface area contributed by atoms with Gasteiger partial charge in [0.15, 0.2) is 5.78 Å². The highest BCUT2D eigenvalue weighted by Crippen LogP contribution is 2.50. The number of Topliss-reactive ketones (excluding diaryl/α,β-unsaturated/α-hetero) is 1. The minimum Gasteiger partial charge on any atom is -0.466 e. The van der Waals surface area contributed by atoms with Gasteiger partial charge in [-0.2, -0.15) is 0 Å². The van der Waals surface area contributed by atoms with Crippen LogP contribution in [0.25, 0.3) is 0 Å². The molecule has 0 aromatic carbocycles. The second-order valence-electron chi connectivity index (χ2n) is 4.77. The van der Waals surface area contributed by atoms with E-state index < -0.39 is 23.6 Å². The molecule has 0 aromatic heterocycles. The van der Waals surface area contributed by atoms with Gasteiger partial charge < -0.3 is 14.2 Å². The summed E-state index contributed by atoms with van der Waals surface area (Å²) >= 11 is 0. The number of ketones is 1. The standard InChI is InChI=1S/C14H18O5/c1-5-8-6-11-10(13(16)17-2)7-9(8)12(15)14(11,18-3)19-4/h5,7-9,11H,1,6H2,2-4H3/t8-,9-,11-/m0/s1. The highest BCUT2D eigenvalue weighted by molar-refractivity contribution is 6.00. The van der Waals surface area contributed by atoms with Gasteiger partial charge in [-0.1, -0.05) is 12.2 Å². The summed E-state index contributed by atoms with van der Waals surface area (Å²) in [6.45, 7) is 3.75. The summed E-state index contributed by atoms with van der Waals surface area (Å²) in [7, 11) is 4.15. The Morgan fingerprint density at radius 3 is 2.53 bits per heavy atom. The van der Waals surface area contributed by atoms with Crippen molar-refractivity contribution < 1.29 is 23.8 Å². The van der Waals surface area contributed by atoms with Crippen molar-refractivity contribution in [1.29, 1.82) is 0 Å². The van der Waals surface area contributed by atoms with Crippen LogP contribution in [0.3, 0.4) is 0 Å². The Kier molecular flexibility index (Phi) is 3.60. The maximum atomic E-state index is 12.5. The second-order valence-corrected chi connectivity index (χ2v) is 4.77. The van der Waals surface area contributed by atoms with Crippen LogP contribution in [0.4, 0.5) is 0 Å². The Bertz CT molecular complexity index is 447. The van der Waals surface area contributed by atoms with Gasteiger partial charge in [0.1, 0.15) is 0 Å². The van der Waals surface area contributed by atoms with Crippen LogP contribution >= 0.6 is 0 Å². The van der Waals surface area contributed by atoms with E-state index >= 15 is 0 Å². The summed E-state index contributed by atoms with van der Waals surface area (Å²) < 4.78 is 15.4. The highest BCUT2D eigenvalue weighted by Gasteiger charge is 2.60. The monoisotopic (exact) mass is 266 g/mol. The number of esters is 1. The van der Waals surface area contributed by atoms with Crippen molar-refractivity contribution in [2.75, 3.05) is 21.3 Å². The summed E-state index contributed by atoms with van der Waals surface area (Å²) in [6, 6.07) is 0. The molecule has 0 aromatic rings. The van der Waals surface area contributed by atoms with E-state index in [1.165, 1.54) is 21.3 Å². The molecule has 2 bridgehead atoms. The van der Waals surface area contributed by atoms with Crippen LogP contribution in [-0.4, -0.2) is 38.9 Å². The summed E-state index contributed by atoms with van der Waals surface area (Å²) in [6.07, 6.45) is 4.00. The van der Waals surface area contributed by atoms with Crippen molar-refractivity contribution in [2.24, 2.45) is 17.8 Å².